The zero-order valence-electron chi connectivity index (χ0n) is 10.9. The molecule has 0 aliphatic rings. The molecule has 0 saturated carbocycles. The summed E-state index contributed by atoms with van der Waals surface area (Å²) in [6.07, 6.45) is 0. The number of nitrogens with zero attached hydrogens (tertiary/aromatic N) is 3. The lowest BCUT2D eigenvalue weighted by molar-refractivity contribution is 0.181. The van der Waals surface area contributed by atoms with Gasteiger partial charge >= 0.3 is 0 Å². The smallest absolute Gasteiger partial charge is 0.229 e. The Hall–Kier alpha value is -2.69. The molecular weight excluding hydrogens is 256 g/mol. The molecule has 1 heterocycles. The molecule has 0 aliphatic carbocycles. The van der Waals surface area contributed by atoms with E-state index in [0.29, 0.717) is 29.6 Å². The van der Waals surface area contributed by atoms with E-state index in [9.17, 15) is 0 Å². The molecule has 1 aromatic heterocycles. The first-order valence-corrected chi connectivity index (χ1v) is 5.86. The second-order valence-electron chi connectivity index (χ2n) is 3.96. The number of benzene rings is 1. The van der Waals surface area contributed by atoms with Crippen LogP contribution in [-0.2, 0) is 11.3 Å². The van der Waals surface area contributed by atoms with Crippen LogP contribution >= 0.6 is 0 Å². The van der Waals surface area contributed by atoms with Gasteiger partial charge < -0.3 is 15.5 Å². The fourth-order valence-corrected chi connectivity index (χ4v) is 1.61. The van der Waals surface area contributed by atoms with E-state index in [1.807, 2.05) is 0 Å². The second-order valence-corrected chi connectivity index (χ2v) is 3.96. The lowest BCUT2D eigenvalue weighted by Gasteiger charge is -2.09. The zero-order chi connectivity index (χ0) is 14.4. The Kier molecular flexibility index (Phi) is 4.44. The molecular formula is C13H14N6O. The topological polar surface area (TPSA) is 109 Å². The minimum absolute atomic E-state index is 0.360. The van der Waals surface area contributed by atoms with Gasteiger partial charge in [0.05, 0.1) is 23.9 Å². The molecule has 4 N–H and O–H groups in total. The predicted molar refractivity (Wildman–Crippen MR) is 75.0 cm³/mol. The fourth-order valence-electron chi connectivity index (χ4n) is 1.61. The third-order valence-electron chi connectivity index (χ3n) is 2.49. The average Bonchev–Trinajstić information content (AvgIpc) is 2.48. The first-order chi connectivity index (χ1) is 9.75. The number of rotatable bonds is 5. The Morgan fingerprint density at radius 2 is 2.05 bits per heavy atom. The predicted octanol–water partition coefficient (Wildman–Crippen LogP) is 1.52. The van der Waals surface area contributed by atoms with Crippen LogP contribution in [0.3, 0.4) is 0 Å². The van der Waals surface area contributed by atoms with Crippen molar-refractivity contribution < 1.29 is 4.74 Å². The van der Waals surface area contributed by atoms with Gasteiger partial charge in [0.2, 0.25) is 5.95 Å². The number of hydrogen-bond acceptors (Lipinski definition) is 7. The number of hydrogen-bond donors (Lipinski definition) is 3. The third-order valence-corrected chi connectivity index (χ3v) is 2.49. The molecule has 2 aromatic rings. The van der Waals surface area contributed by atoms with Gasteiger partial charge in [-0.1, -0.05) is 0 Å². The lowest BCUT2D eigenvalue weighted by Crippen LogP contribution is -2.11. The normalized spacial score (nSPS) is 9.85. The van der Waals surface area contributed by atoms with Crippen molar-refractivity contribution in [2.75, 3.05) is 17.9 Å². The number of nitrogens with two attached hydrogens (primary N) is 1. The molecule has 0 atom stereocenters. The van der Waals surface area contributed by atoms with Crippen LogP contribution in [0.1, 0.15) is 11.3 Å². The van der Waals surface area contributed by atoms with Gasteiger partial charge in [-0.15, -0.1) is 0 Å². The Morgan fingerprint density at radius 1 is 1.30 bits per heavy atom. The number of ether oxygens (including phenoxy) is 1. The highest BCUT2D eigenvalue weighted by Crippen LogP contribution is 2.16. The maximum atomic E-state index is 8.75. The summed E-state index contributed by atoms with van der Waals surface area (Å²) in [6.45, 7) is 0.360. The Labute approximate surface area is 116 Å². The SMILES string of the molecule is COCc1cc(NN)nc(Nc2ccc(C#N)cc2)n1. The molecule has 0 radical (unpaired) electrons. The van der Waals surface area contributed by atoms with Crippen molar-refractivity contribution in [3.05, 3.63) is 41.6 Å². The maximum absolute atomic E-state index is 8.75. The molecule has 0 fully saturated rings. The molecule has 7 heteroatoms. The highest BCUT2D eigenvalue weighted by Gasteiger charge is 2.04. The number of anilines is 3. The summed E-state index contributed by atoms with van der Waals surface area (Å²) in [7, 11) is 1.59. The largest absolute Gasteiger partial charge is 0.378 e. The van der Waals surface area contributed by atoms with Crippen molar-refractivity contribution in [2.45, 2.75) is 6.61 Å². The number of nitriles is 1. The molecule has 0 amide bonds. The first-order valence-electron chi connectivity index (χ1n) is 5.86. The molecule has 7 nitrogen and oxygen atoms in total. The van der Waals surface area contributed by atoms with E-state index in [0.717, 1.165) is 5.69 Å². The average molecular weight is 270 g/mol. The van der Waals surface area contributed by atoms with Crippen LogP contribution in [0.2, 0.25) is 0 Å². The van der Waals surface area contributed by atoms with Crippen molar-refractivity contribution in [3.8, 4) is 6.07 Å². The Bertz CT molecular complexity index is 620. The highest BCUT2D eigenvalue weighted by atomic mass is 16.5. The quantitative estimate of drug-likeness (QED) is 0.558. The minimum Gasteiger partial charge on any atom is -0.378 e. The van der Waals surface area contributed by atoms with Crippen LogP contribution in [0, 0.1) is 11.3 Å². The number of nitrogens with one attached hydrogen (secondary N) is 2. The summed E-state index contributed by atoms with van der Waals surface area (Å²) < 4.78 is 5.04. The molecule has 0 aliphatic heterocycles. The van der Waals surface area contributed by atoms with Crippen molar-refractivity contribution in [3.63, 3.8) is 0 Å². The Morgan fingerprint density at radius 3 is 2.65 bits per heavy atom. The van der Waals surface area contributed by atoms with Gasteiger partial charge in [-0.3, -0.25) is 0 Å². The van der Waals surface area contributed by atoms with Crippen molar-refractivity contribution in [1.82, 2.24) is 9.97 Å². The van der Waals surface area contributed by atoms with E-state index in [1.165, 1.54) is 0 Å². The highest BCUT2D eigenvalue weighted by molar-refractivity contribution is 5.56. The zero-order valence-corrected chi connectivity index (χ0v) is 10.9. The Balaban J connectivity index is 2.22. The van der Waals surface area contributed by atoms with Crippen molar-refractivity contribution >= 4 is 17.5 Å². The molecule has 102 valence electrons. The standard InChI is InChI=1S/C13H14N6O/c1-20-8-11-6-12(19-15)18-13(17-11)16-10-4-2-9(7-14)3-5-10/h2-6H,8,15H2,1H3,(H2,16,17,18,19). The van der Waals surface area contributed by atoms with Crippen molar-refractivity contribution in [2.24, 2.45) is 5.84 Å². The van der Waals surface area contributed by atoms with E-state index < -0.39 is 0 Å². The summed E-state index contributed by atoms with van der Waals surface area (Å²) in [5, 5.41) is 11.8. The van der Waals surface area contributed by atoms with Gasteiger partial charge in [-0.25, -0.2) is 10.8 Å². The summed E-state index contributed by atoms with van der Waals surface area (Å²) >= 11 is 0. The van der Waals surface area contributed by atoms with Crippen LogP contribution in [0.5, 0.6) is 0 Å². The van der Waals surface area contributed by atoms with E-state index in [1.54, 1.807) is 37.4 Å². The maximum Gasteiger partial charge on any atom is 0.229 e. The third kappa shape index (κ3) is 3.41. The van der Waals surface area contributed by atoms with Crippen LogP contribution in [0.4, 0.5) is 17.5 Å². The number of nitrogen functional groups attached to an aromatic ring is 1. The molecule has 0 unspecified atom stereocenters. The lowest BCUT2D eigenvalue weighted by atomic mass is 10.2. The summed E-state index contributed by atoms with van der Waals surface area (Å²) in [5.41, 5.74) is 4.55. The van der Waals surface area contributed by atoms with Gasteiger partial charge in [0.1, 0.15) is 5.82 Å². The van der Waals surface area contributed by atoms with E-state index in [-0.39, 0.29) is 0 Å². The number of methoxy groups -OCH3 is 1. The molecule has 1 aromatic carbocycles. The number of hydrazine groups is 1. The molecule has 20 heavy (non-hydrogen) atoms. The van der Waals surface area contributed by atoms with Gasteiger partial charge in [0.25, 0.3) is 0 Å². The summed E-state index contributed by atoms with van der Waals surface area (Å²) in [4.78, 5) is 8.49. The van der Waals surface area contributed by atoms with Crippen LogP contribution in [0.25, 0.3) is 0 Å². The van der Waals surface area contributed by atoms with Crippen LogP contribution in [0.15, 0.2) is 30.3 Å². The molecule has 0 spiro atoms. The monoisotopic (exact) mass is 270 g/mol. The summed E-state index contributed by atoms with van der Waals surface area (Å²) in [5.74, 6) is 6.26. The van der Waals surface area contributed by atoms with Gasteiger partial charge in [0, 0.05) is 18.9 Å². The molecule has 0 bridgehead atoms. The summed E-state index contributed by atoms with van der Waals surface area (Å²) in [6, 6.07) is 10.7. The van der Waals surface area contributed by atoms with Gasteiger partial charge in [0.15, 0.2) is 0 Å². The van der Waals surface area contributed by atoms with Gasteiger partial charge in [-0.2, -0.15) is 10.2 Å². The first kappa shape index (κ1) is 13.7. The second kappa shape index (κ2) is 6.47. The van der Waals surface area contributed by atoms with Crippen LogP contribution in [-0.4, -0.2) is 17.1 Å². The minimum atomic E-state index is 0.360. The van der Waals surface area contributed by atoms with E-state index in [2.05, 4.69) is 26.8 Å². The van der Waals surface area contributed by atoms with Crippen LogP contribution < -0.4 is 16.6 Å². The van der Waals surface area contributed by atoms with E-state index in [4.69, 9.17) is 15.8 Å². The van der Waals surface area contributed by atoms with Gasteiger partial charge in [-0.05, 0) is 24.3 Å². The van der Waals surface area contributed by atoms with E-state index >= 15 is 0 Å². The number of aromatic nitrogens is 2. The molecule has 2 rings (SSSR count). The molecule has 0 saturated heterocycles. The fraction of sp³-hybridized carbons (Fsp3) is 0.154. The van der Waals surface area contributed by atoms with Crippen molar-refractivity contribution in [1.29, 1.82) is 5.26 Å².